The maximum absolute atomic E-state index is 13.1. The largest absolute Gasteiger partial charge is 0.457 e. The van der Waals surface area contributed by atoms with Crippen LogP contribution in [0.5, 0.6) is 0 Å². The second-order valence-electron chi connectivity index (χ2n) is 7.79. The van der Waals surface area contributed by atoms with Gasteiger partial charge in [0.05, 0.1) is 10.6 Å². The lowest BCUT2D eigenvalue weighted by Gasteiger charge is -2.26. The van der Waals surface area contributed by atoms with E-state index in [2.05, 4.69) is 21.2 Å². The second-order valence-corrected chi connectivity index (χ2v) is 8.64. The number of nitrogens with one attached hydrogen (secondary N) is 1. The number of rotatable bonds is 4. The van der Waals surface area contributed by atoms with Crippen LogP contribution in [0.15, 0.2) is 56.9 Å². The Kier molecular flexibility index (Phi) is 5.92. The van der Waals surface area contributed by atoms with E-state index in [9.17, 15) is 24.5 Å². The molecule has 1 fully saturated rings. The van der Waals surface area contributed by atoms with Crippen LogP contribution in [-0.2, 0) is 9.59 Å². The number of nitro groups is 1. The monoisotopic (exact) mass is 523 g/mol. The number of carbonyl (C=O) groups is 3. The van der Waals surface area contributed by atoms with E-state index in [1.54, 1.807) is 44.2 Å². The summed E-state index contributed by atoms with van der Waals surface area (Å²) in [7, 11) is 0. The smallest absolute Gasteiger partial charge is 0.335 e. The first-order valence-corrected chi connectivity index (χ1v) is 10.9. The Hall–Kier alpha value is -4.05. The molecule has 1 saturated heterocycles. The van der Waals surface area contributed by atoms with Gasteiger partial charge in [-0.1, -0.05) is 15.9 Å². The number of amides is 4. The molecule has 1 N–H and O–H groups in total. The van der Waals surface area contributed by atoms with Crippen LogP contribution in [0.2, 0.25) is 0 Å². The van der Waals surface area contributed by atoms with Gasteiger partial charge in [-0.15, -0.1) is 0 Å². The summed E-state index contributed by atoms with van der Waals surface area (Å²) in [5.41, 5.74) is 2.56. The Bertz CT molecular complexity index is 1420. The summed E-state index contributed by atoms with van der Waals surface area (Å²) in [5.74, 6) is -1.14. The van der Waals surface area contributed by atoms with Crippen LogP contribution in [0.1, 0.15) is 22.5 Å². The minimum absolute atomic E-state index is 0.0351. The van der Waals surface area contributed by atoms with E-state index < -0.39 is 22.8 Å². The van der Waals surface area contributed by atoms with Crippen molar-refractivity contribution in [3.63, 3.8) is 0 Å². The second kappa shape index (κ2) is 8.71. The number of halogens is 1. The van der Waals surface area contributed by atoms with Gasteiger partial charge in [0.25, 0.3) is 17.5 Å². The first-order valence-electron chi connectivity index (χ1n) is 10.1. The van der Waals surface area contributed by atoms with Gasteiger partial charge in [-0.3, -0.25) is 25.0 Å². The van der Waals surface area contributed by atoms with Gasteiger partial charge >= 0.3 is 6.03 Å². The zero-order valence-corrected chi connectivity index (χ0v) is 19.9. The Morgan fingerprint density at radius 3 is 2.44 bits per heavy atom. The van der Waals surface area contributed by atoms with Gasteiger partial charge in [0.2, 0.25) is 0 Å². The Labute approximate surface area is 202 Å². The third-order valence-electron chi connectivity index (χ3n) is 5.54. The van der Waals surface area contributed by atoms with Crippen molar-refractivity contribution < 1.29 is 23.7 Å². The topological polar surface area (TPSA) is 123 Å². The van der Waals surface area contributed by atoms with Crippen LogP contribution in [0.25, 0.3) is 17.4 Å². The zero-order valence-electron chi connectivity index (χ0n) is 18.3. The van der Waals surface area contributed by atoms with E-state index in [0.717, 1.165) is 20.5 Å². The van der Waals surface area contributed by atoms with Crippen LogP contribution in [0, 0.1) is 30.9 Å². The van der Waals surface area contributed by atoms with Crippen LogP contribution in [0.4, 0.5) is 16.2 Å². The SMILES string of the molecule is Cc1cc(N2C(=O)NC(=O)/C(=C\c3ccc(-c4cc(C)c(C)c([N+](=O)[O-])c4)o3)C2=O)ccc1Br. The Morgan fingerprint density at radius 1 is 1.03 bits per heavy atom. The van der Waals surface area contributed by atoms with Gasteiger partial charge in [0.15, 0.2) is 0 Å². The highest BCUT2D eigenvalue weighted by molar-refractivity contribution is 9.10. The maximum atomic E-state index is 13.1. The Balaban J connectivity index is 1.70. The lowest BCUT2D eigenvalue weighted by atomic mass is 10.0. The van der Waals surface area contributed by atoms with E-state index in [1.165, 1.54) is 18.2 Å². The number of nitrogens with zero attached hydrogens (tertiary/aromatic N) is 2. The first kappa shape index (κ1) is 23.1. The van der Waals surface area contributed by atoms with Gasteiger partial charge in [0.1, 0.15) is 17.1 Å². The van der Waals surface area contributed by atoms with E-state index >= 15 is 0 Å². The minimum atomic E-state index is -0.851. The molecule has 0 spiro atoms. The zero-order chi connectivity index (χ0) is 24.7. The molecule has 9 nitrogen and oxygen atoms in total. The van der Waals surface area contributed by atoms with Gasteiger partial charge in [-0.25, -0.2) is 9.69 Å². The predicted octanol–water partition coefficient (Wildman–Crippen LogP) is 5.21. The first-order chi connectivity index (χ1) is 16.1. The number of carbonyl (C=O) groups excluding carboxylic acids is 3. The third kappa shape index (κ3) is 4.15. The molecular formula is C24H18BrN3O6. The molecule has 1 aliphatic rings. The molecule has 172 valence electrons. The molecule has 34 heavy (non-hydrogen) atoms. The van der Waals surface area contributed by atoms with Crippen molar-refractivity contribution >= 4 is 51.2 Å². The number of barbiturate groups is 1. The fraction of sp³-hybridized carbons (Fsp3) is 0.125. The molecule has 2 heterocycles. The molecule has 0 atom stereocenters. The average molecular weight is 524 g/mol. The summed E-state index contributed by atoms with van der Waals surface area (Å²) in [6, 6.07) is 10.4. The number of anilines is 1. The predicted molar refractivity (Wildman–Crippen MR) is 128 cm³/mol. The molecular weight excluding hydrogens is 506 g/mol. The summed E-state index contributed by atoms with van der Waals surface area (Å²) < 4.78 is 6.57. The van der Waals surface area contributed by atoms with Crippen LogP contribution >= 0.6 is 15.9 Å². The molecule has 0 bridgehead atoms. The number of furan rings is 1. The van der Waals surface area contributed by atoms with Crippen LogP contribution in [-0.4, -0.2) is 22.8 Å². The number of hydrogen-bond donors (Lipinski definition) is 1. The van der Waals surface area contributed by atoms with E-state index in [4.69, 9.17) is 4.42 Å². The van der Waals surface area contributed by atoms with E-state index in [1.807, 2.05) is 6.92 Å². The minimum Gasteiger partial charge on any atom is -0.457 e. The van der Waals surface area contributed by atoms with Crippen molar-refractivity contribution in [1.82, 2.24) is 5.32 Å². The number of hydrogen-bond acceptors (Lipinski definition) is 6. The number of imide groups is 2. The molecule has 1 aliphatic heterocycles. The fourth-order valence-corrected chi connectivity index (χ4v) is 3.81. The molecule has 3 aromatic rings. The Morgan fingerprint density at radius 2 is 1.76 bits per heavy atom. The highest BCUT2D eigenvalue weighted by Crippen LogP contribution is 2.32. The van der Waals surface area contributed by atoms with Crippen LogP contribution < -0.4 is 10.2 Å². The molecule has 0 aliphatic carbocycles. The summed E-state index contributed by atoms with van der Waals surface area (Å²) in [4.78, 5) is 49.7. The standard InChI is InChI=1S/C24H18BrN3O6/c1-12-8-15(10-20(14(12)3)28(32)33)21-7-5-17(34-21)11-18-22(29)26-24(31)27(23(18)30)16-4-6-19(25)13(2)9-16/h4-11H,1-3H3,(H,26,29,31)/b18-11+. The number of aryl methyl sites for hydroxylation is 2. The molecule has 1 aromatic heterocycles. The van der Waals surface area contributed by atoms with Gasteiger partial charge in [-0.05, 0) is 74.4 Å². The van der Waals surface area contributed by atoms with Gasteiger partial charge < -0.3 is 4.42 Å². The highest BCUT2D eigenvalue weighted by atomic mass is 79.9. The highest BCUT2D eigenvalue weighted by Gasteiger charge is 2.37. The maximum Gasteiger partial charge on any atom is 0.335 e. The molecule has 10 heteroatoms. The van der Waals surface area contributed by atoms with E-state index in [0.29, 0.717) is 22.6 Å². The molecule has 0 radical (unpaired) electrons. The van der Waals surface area contributed by atoms with Crippen molar-refractivity contribution in [2.45, 2.75) is 20.8 Å². The lowest BCUT2D eigenvalue weighted by Crippen LogP contribution is -2.54. The van der Waals surface area contributed by atoms with Crippen molar-refractivity contribution in [1.29, 1.82) is 0 Å². The lowest BCUT2D eigenvalue weighted by molar-refractivity contribution is -0.385. The van der Waals surface area contributed by atoms with Crippen molar-refractivity contribution in [2.75, 3.05) is 4.90 Å². The molecule has 0 unspecified atom stereocenters. The molecule has 4 amide bonds. The summed E-state index contributed by atoms with van der Waals surface area (Å²) in [6.45, 7) is 5.24. The van der Waals surface area contributed by atoms with Crippen molar-refractivity contribution in [2.24, 2.45) is 0 Å². The number of nitro benzene ring substituents is 1. The molecule has 2 aromatic carbocycles. The quantitative estimate of drug-likeness (QED) is 0.216. The number of benzene rings is 2. The third-order valence-corrected chi connectivity index (χ3v) is 6.43. The summed E-state index contributed by atoms with van der Waals surface area (Å²) >= 11 is 3.37. The number of urea groups is 1. The van der Waals surface area contributed by atoms with Crippen LogP contribution in [0.3, 0.4) is 0 Å². The normalized spacial score (nSPS) is 15.1. The summed E-state index contributed by atoms with van der Waals surface area (Å²) in [5, 5.41) is 13.5. The molecule has 4 rings (SSSR count). The average Bonchev–Trinajstić information content (AvgIpc) is 3.24. The van der Waals surface area contributed by atoms with Gasteiger partial charge in [0, 0.05) is 21.7 Å². The van der Waals surface area contributed by atoms with Crippen molar-refractivity contribution in [3.05, 3.63) is 85.1 Å². The molecule has 0 saturated carbocycles. The summed E-state index contributed by atoms with van der Waals surface area (Å²) in [6.07, 6.45) is 1.24. The van der Waals surface area contributed by atoms with Gasteiger partial charge in [-0.2, -0.15) is 0 Å². The van der Waals surface area contributed by atoms with E-state index in [-0.39, 0.29) is 17.0 Å². The van der Waals surface area contributed by atoms with Crippen molar-refractivity contribution in [3.8, 4) is 11.3 Å². The fourth-order valence-electron chi connectivity index (χ4n) is 3.56.